The minimum absolute atomic E-state index is 0.101. The van der Waals surface area contributed by atoms with Crippen LogP contribution in [-0.2, 0) is 12.7 Å². The van der Waals surface area contributed by atoms with E-state index >= 15 is 0 Å². The maximum absolute atomic E-state index is 14.3. The number of hydrogen-bond acceptors (Lipinski definition) is 6. The van der Waals surface area contributed by atoms with Crippen LogP contribution in [0.2, 0.25) is 0 Å². The lowest BCUT2D eigenvalue weighted by Crippen LogP contribution is -2.45. The number of halogens is 4. The SMILES string of the molecule is CCN1CCN(Cc2ccc(Nc3nc(-c4ccc(C(F)(F)F)cc4)ncc3F)nc2)CC1. The molecule has 0 unspecified atom stereocenters. The third-order valence-corrected chi connectivity index (χ3v) is 5.60. The first kappa shape index (κ1) is 23.1. The van der Waals surface area contributed by atoms with Crippen LogP contribution in [0.5, 0.6) is 0 Å². The normalized spacial score (nSPS) is 15.5. The Kier molecular flexibility index (Phi) is 6.85. The van der Waals surface area contributed by atoms with Crippen molar-refractivity contribution in [1.82, 2.24) is 24.8 Å². The molecule has 10 heteroatoms. The Balaban J connectivity index is 1.42. The minimum atomic E-state index is -4.43. The van der Waals surface area contributed by atoms with Gasteiger partial charge < -0.3 is 10.2 Å². The topological polar surface area (TPSA) is 57.2 Å². The van der Waals surface area contributed by atoms with Crippen LogP contribution in [0.1, 0.15) is 18.1 Å². The zero-order valence-electron chi connectivity index (χ0n) is 18.1. The Morgan fingerprint density at radius 2 is 1.61 bits per heavy atom. The highest BCUT2D eigenvalue weighted by Gasteiger charge is 2.30. The van der Waals surface area contributed by atoms with Crippen LogP contribution in [0.25, 0.3) is 11.4 Å². The number of rotatable bonds is 6. The average molecular weight is 460 g/mol. The van der Waals surface area contributed by atoms with Crippen LogP contribution in [0, 0.1) is 5.82 Å². The smallest absolute Gasteiger partial charge is 0.322 e. The van der Waals surface area contributed by atoms with E-state index < -0.39 is 17.6 Å². The first-order chi connectivity index (χ1) is 15.8. The number of pyridine rings is 1. The summed E-state index contributed by atoms with van der Waals surface area (Å²) in [6, 6.07) is 8.07. The summed E-state index contributed by atoms with van der Waals surface area (Å²) in [5.41, 5.74) is 0.625. The first-order valence-corrected chi connectivity index (χ1v) is 10.7. The number of aromatic nitrogens is 3. The molecule has 3 aromatic rings. The van der Waals surface area contributed by atoms with E-state index in [4.69, 9.17) is 0 Å². The van der Waals surface area contributed by atoms with E-state index in [1.54, 1.807) is 12.3 Å². The number of alkyl halides is 3. The Bertz CT molecular complexity index is 1060. The van der Waals surface area contributed by atoms with Crippen molar-refractivity contribution in [3.8, 4) is 11.4 Å². The van der Waals surface area contributed by atoms with Crippen molar-refractivity contribution in [2.75, 3.05) is 38.0 Å². The summed E-state index contributed by atoms with van der Waals surface area (Å²) >= 11 is 0. The molecule has 1 fully saturated rings. The lowest BCUT2D eigenvalue weighted by Gasteiger charge is -2.33. The van der Waals surface area contributed by atoms with Gasteiger partial charge in [-0.15, -0.1) is 0 Å². The summed E-state index contributed by atoms with van der Waals surface area (Å²) in [6.07, 6.45) is -1.71. The van der Waals surface area contributed by atoms with Gasteiger partial charge >= 0.3 is 6.18 Å². The Morgan fingerprint density at radius 1 is 0.909 bits per heavy atom. The number of hydrogen-bond donors (Lipinski definition) is 1. The van der Waals surface area contributed by atoms with Gasteiger partial charge in [0.1, 0.15) is 5.82 Å². The second-order valence-electron chi connectivity index (χ2n) is 7.85. The van der Waals surface area contributed by atoms with Gasteiger partial charge in [-0.3, -0.25) is 4.90 Å². The van der Waals surface area contributed by atoms with Gasteiger partial charge in [-0.05, 0) is 30.3 Å². The molecule has 0 spiro atoms. The van der Waals surface area contributed by atoms with Crippen molar-refractivity contribution in [2.45, 2.75) is 19.6 Å². The molecular formula is C23H24F4N6. The van der Waals surface area contributed by atoms with E-state index in [2.05, 4.69) is 37.0 Å². The standard InChI is InChI=1S/C23H24F4N6/c1-2-32-9-11-33(12-10-32)15-16-3-8-20(28-13-16)30-22-19(24)14-29-21(31-22)17-4-6-18(7-5-17)23(25,26)27/h3-8,13-14H,2,9-12,15H2,1H3,(H,28,29,30,31). The minimum Gasteiger partial charge on any atom is -0.322 e. The lowest BCUT2D eigenvalue weighted by atomic mass is 10.1. The second kappa shape index (κ2) is 9.80. The van der Waals surface area contributed by atoms with Crippen molar-refractivity contribution in [1.29, 1.82) is 0 Å². The van der Waals surface area contributed by atoms with Crippen LogP contribution >= 0.6 is 0 Å². The summed E-state index contributed by atoms with van der Waals surface area (Å²) in [5, 5.41) is 2.82. The summed E-state index contributed by atoms with van der Waals surface area (Å²) in [6.45, 7) is 8.15. The molecule has 4 rings (SSSR count). The molecule has 1 aliphatic rings. The van der Waals surface area contributed by atoms with Gasteiger partial charge in [-0.1, -0.05) is 25.1 Å². The Morgan fingerprint density at radius 3 is 2.21 bits per heavy atom. The van der Waals surface area contributed by atoms with E-state index in [-0.39, 0.29) is 11.6 Å². The zero-order valence-corrected chi connectivity index (χ0v) is 18.1. The fraction of sp³-hybridized carbons (Fsp3) is 0.348. The van der Waals surface area contributed by atoms with Gasteiger partial charge in [-0.25, -0.2) is 19.3 Å². The van der Waals surface area contributed by atoms with Crippen LogP contribution < -0.4 is 5.32 Å². The van der Waals surface area contributed by atoms with E-state index in [1.165, 1.54) is 12.1 Å². The Labute approximate surface area is 189 Å². The summed E-state index contributed by atoms with van der Waals surface area (Å²) in [5.74, 6) is -0.276. The molecule has 2 aromatic heterocycles. The molecule has 1 N–H and O–H groups in total. The highest BCUT2D eigenvalue weighted by atomic mass is 19.4. The van der Waals surface area contributed by atoms with Gasteiger partial charge in [0.2, 0.25) is 0 Å². The van der Waals surface area contributed by atoms with Gasteiger partial charge in [-0.2, -0.15) is 13.2 Å². The molecule has 174 valence electrons. The van der Waals surface area contributed by atoms with E-state index in [0.29, 0.717) is 11.4 Å². The van der Waals surface area contributed by atoms with E-state index in [0.717, 1.165) is 63.2 Å². The van der Waals surface area contributed by atoms with Crippen LogP contribution in [0.3, 0.4) is 0 Å². The highest BCUT2D eigenvalue weighted by molar-refractivity contribution is 5.60. The molecule has 1 aromatic carbocycles. The third-order valence-electron chi connectivity index (χ3n) is 5.60. The molecule has 0 aliphatic carbocycles. The average Bonchev–Trinajstić information content (AvgIpc) is 2.82. The number of benzene rings is 1. The Hall–Kier alpha value is -3.11. The predicted molar refractivity (Wildman–Crippen MR) is 117 cm³/mol. The first-order valence-electron chi connectivity index (χ1n) is 10.7. The van der Waals surface area contributed by atoms with Crippen molar-refractivity contribution in [3.05, 3.63) is 65.7 Å². The van der Waals surface area contributed by atoms with Gasteiger partial charge in [0.15, 0.2) is 17.5 Å². The maximum Gasteiger partial charge on any atom is 0.416 e. The summed E-state index contributed by atoms with van der Waals surface area (Å²) in [4.78, 5) is 17.2. The van der Waals surface area contributed by atoms with Crippen LogP contribution in [-0.4, -0.2) is 57.5 Å². The molecule has 0 saturated carbocycles. The molecule has 0 bridgehead atoms. The molecule has 1 aliphatic heterocycles. The molecular weight excluding hydrogens is 436 g/mol. The highest BCUT2D eigenvalue weighted by Crippen LogP contribution is 2.30. The predicted octanol–water partition coefficient (Wildman–Crippen LogP) is 4.58. The van der Waals surface area contributed by atoms with E-state index in [9.17, 15) is 17.6 Å². The second-order valence-corrected chi connectivity index (χ2v) is 7.85. The number of likely N-dealkylation sites (N-methyl/N-ethyl adjacent to an activating group) is 1. The van der Waals surface area contributed by atoms with Gasteiger partial charge in [0.25, 0.3) is 0 Å². The van der Waals surface area contributed by atoms with Crippen LogP contribution in [0.4, 0.5) is 29.2 Å². The van der Waals surface area contributed by atoms with Crippen molar-refractivity contribution >= 4 is 11.6 Å². The third kappa shape index (κ3) is 5.82. The number of anilines is 2. The van der Waals surface area contributed by atoms with Gasteiger partial charge in [0, 0.05) is 44.5 Å². The molecule has 33 heavy (non-hydrogen) atoms. The fourth-order valence-electron chi connectivity index (χ4n) is 3.64. The quantitative estimate of drug-likeness (QED) is 0.544. The molecule has 1 saturated heterocycles. The lowest BCUT2D eigenvalue weighted by molar-refractivity contribution is -0.137. The number of piperazine rings is 1. The van der Waals surface area contributed by atoms with Crippen molar-refractivity contribution in [2.24, 2.45) is 0 Å². The zero-order chi connectivity index (χ0) is 23.4. The van der Waals surface area contributed by atoms with Crippen LogP contribution in [0.15, 0.2) is 48.8 Å². The fourth-order valence-corrected chi connectivity index (χ4v) is 3.64. The summed E-state index contributed by atoms with van der Waals surface area (Å²) in [7, 11) is 0. The molecule has 6 nitrogen and oxygen atoms in total. The van der Waals surface area contributed by atoms with Crippen molar-refractivity contribution in [3.63, 3.8) is 0 Å². The molecule has 0 radical (unpaired) electrons. The molecule has 3 heterocycles. The van der Waals surface area contributed by atoms with Gasteiger partial charge in [0.05, 0.1) is 11.8 Å². The number of nitrogens with zero attached hydrogens (tertiary/aromatic N) is 5. The largest absolute Gasteiger partial charge is 0.416 e. The molecule has 0 atom stereocenters. The maximum atomic E-state index is 14.3. The van der Waals surface area contributed by atoms with E-state index in [1.807, 2.05) is 6.07 Å². The molecule has 0 amide bonds. The van der Waals surface area contributed by atoms with Crippen molar-refractivity contribution < 1.29 is 17.6 Å². The number of nitrogens with one attached hydrogen (secondary N) is 1. The monoisotopic (exact) mass is 460 g/mol. The summed E-state index contributed by atoms with van der Waals surface area (Å²) < 4.78 is 52.6.